The summed E-state index contributed by atoms with van der Waals surface area (Å²) in [6, 6.07) is 12.3. The monoisotopic (exact) mass is 239 g/mol. The molecule has 2 aromatic rings. The third-order valence-corrected chi connectivity index (χ3v) is 3.40. The molecule has 3 nitrogen and oxygen atoms in total. The van der Waals surface area contributed by atoms with Gasteiger partial charge in [-0.15, -0.1) is 0 Å². The van der Waals surface area contributed by atoms with E-state index in [4.69, 9.17) is 9.47 Å². The van der Waals surface area contributed by atoms with E-state index in [-0.39, 0.29) is 5.92 Å². The molecule has 3 heteroatoms. The van der Waals surface area contributed by atoms with E-state index in [1.807, 2.05) is 30.3 Å². The Bertz CT molecular complexity index is 637. The molecular weight excluding hydrogens is 226 g/mol. The van der Waals surface area contributed by atoms with Crippen LogP contribution in [0.1, 0.15) is 17.9 Å². The van der Waals surface area contributed by atoms with Gasteiger partial charge in [0, 0.05) is 12.0 Å². The molecule has 1 aliphatic rings. The van der Waals surface area contributed by atoms with Gasteiger partial charge >= 0.3 is 0 Å². The molecular formula is C15H13NO2. The second-order valence-electron chi connectivity index (χ2n) is 4.38. The summed E-state index contributed by atoms with van der Waals surface area (Å²) >= 11 is 0. The van der Waals surface area contributed by atoms with E-state index in [0.717, 1.165) is 34.3 Å². The fourth-order valence-corrected chi connectivity index (χ4v) is 2.47. The van der Waals surface area contributed by atoms with Crippen LogP contribution >= 0.6 is 0 Å². The predicted molar refractivity (Wildman–Crippen MR) is 69.0 cm³/mol. The maximum atomic E-state index is 9.29. The molecule has 0 fully saturated rings. The van der Waals surface area contributed by atoms with Crippen molar-refractivity contribution in [3.63, 3.8) is 0 Å². The first-order valence-electron chi connectivity index (χ1n) is 5.96. The lowest BCUT2D eigenvalue weighted by Gasteiger charge is -2.23. The first-order valence-corrected chi connectivity index (χ1v) is 5.96. The fraction of sp³-hybridized carbons (Fsp3) is 0.267. The molecule has 18 heavy (non-hydrogen) atoms. The Morgan fingerprint density at radius 3 is 2.94 bits per heavy atom. The van der Waals surface area contributed by atoms with Gasteiger partial charge in [0.25, 0.3) is 0 Å². The Kier molecular flexibility index (Phi) is 2.56. The Morgan fingerprint density at radius 2 is 2.17 bits per heavy atom. The number of rotatable bonds is 1. The second kappa shape index (κ2) is 4.23. The zero-order chi connectivity index (χ0) is 12.5. The summed E-state index contributed by atoms with van der Waals surface area (Å²) in [5, 5.41) is 11.5. The number of nitriles is 1. The van der Waals surface area contributed by atoms with Gasteiger partial charge in [0.05, 0.1) is 25.7 Å². The minimum Gasteiger partial charge on any atom is -0.497 e. The molecule has 90 valence electrons. The van der Waals surface area contributed by atoms with Crippen molar-refractivity contribution in [2.75, 3.05) is 13.7 Å². The maximum absolute atomic E-state index is 9.29. The van der Waals surface area contributed by atoms with Gasteiger partial charge in [-0.25, -0.2) is 0 Å². The zero-order valence-electron chi connectivity index (χ0n) is 10.1. The van der Waals surface area contributed by atoms with Crippen molar-refractivity contribution in [1.82, 2.24) is 0 Å². The first kappa shape index (κ1) is 10.9. The largest absolute Gasteiger partial charge is 0.497 e. The Balaban J connectivity index is 2.31. The zero-order valence-corrected chi connectivity index (χ0v) is 10.1. The highest BCUT2D eigenvalue weighted by Gasteiger charge is 2.23. The number of fused-ring (bicyclic) bond motifs is 3. The third kappa shape index (κ3) is 1.58. The number of nitrogens with zero attached hydrogens (tertiary/aromatic N) is 1. The van der Waals surface area contributed by atoms with Crippen molar-refractivity contribution < 1.29 is 9.47 Å². The summed E-state index contributed by atoms with van der Waals surface area (Å²) in [5.74, 6) is 1.54. The van der Waals surface area contributed by atoms with Gasteiger partial charge in [-0.05, 0) is 29.0 Å². The molecule has 0 N–H and O–H groups in total. The fourth-order valence-electron chi connectivity index (χ4n) is 2.47. The van der Waals surface area contributed by atoms with Crippen molar-refractivity contribution in [3.8, 4) is 17.6 Å². The van der Waals surface area contributed by atoms with Crippen LogP contribution in [0.15, 0.2) is 30.3 Å². The number of hydrogen-bond acceptors (Lipinski definition) is 3. The van der Waals surface area contributed by atoms with E-state index in [9.17, 15) is 5.26 Å². The summed E-state index contributed by atoms with van der Waals surface area (Å²) < 4.78 is 10.9. The molecule has 1 unspecified atom stereocenters. The Labute approximate surface area is 106 Å². The van der Waals surface area contributed by atoms with Gasteiger partial charge in [0.15, 0.2) is 0 Å². The lowest BCUT2D eigenvalue weighted by Crippen LogP contribution is -2.13. The summed E-state index contributed by atoms with van der Waals surface area (Å²) in [6.45, 7) is 0.612. The molecule has 1 heterocycles. The lowest BCUT2D eigenvalue weighted by atomic mass is 9.89. The van der Waals surface area contributed by atoms with Crippen LogP contribution in [0, 0.1) is 11.3 Å². The van der Waals surface area contributed by atoms with E-state index in [1.165, 1.54) is 0 Å². The SMILES string of the molecule is COc1ccc2ccc3c(c2c1)C(C#N)CCO3. The van der Waals surface area contributed by atoms with E-state index >= 15 is 0 Å². The normalized spacial score (nSPS) is 17.7. The van der Waals surface area contributed by atoms with Gasteiger partial charge in [-0.3, -0.25) is 0 Å². The molecule has 2 aromatic carbocycles. The lowest BCUT2D eigenvalue weighted by molar-refractivity contribution is 0.281. The summed E-state index contributed by atoms with van der Waals surface area (Å²) in [5.41, 5.74) is 1.00. The van der Waals surface area contributed by atoms with Crippen LogP contribution in [0.25, 0.3) is 10.8 Å². The van der Waals surface area contributed by atoms with Crippen molar-refractivity contribution in [2.24, 2.45) is 0 Å². The van der Waals surface area contributed by atoms with Crippen molar-refractivity contribution in [1.29, 1.82) is 5.26 Å². The highest BCUT2D eigenvalue weighted by Crippen LogP contribution is 2.39. The van der Waals surface area contributed by atoms with Crippen LogP contribution < -0.4 is 9.47 Å². The van der Waals surface area contributed by atoms with Gasteiger partial charge in [-0.1, -0.05) is 12.1 Å². The Hall–Kier alpha value is -2.21. The minimum atomic E-state index is -0.0930. The van der Waals surface area contributed by atoms with Crippen LogP contribution in [-0.4, -0.2) is 13.7 Å². The van der Waals surface area contributed by atoms with Gasteiger partial charge in [0.2, 0.25) is 0 Å². The second-order valence-corrected chi connectivity index (χ2v) is 4.38. The molecule has 0 aliphatic carbocycles. The Morgan fingerprint density at radius 1 is 1.33 bits per heavy atom. The molecule has 1 atom stereocenters. The molecule has 0 saturated carbocycles. The van der Waals surface area contributed by atoms with Crippen LogP contribution in [-0.2, 0) is 0 Å². The smallest absolute Gasteiger partial charge is 0.124 e. The number of methoxy groups -OCH3 is 1. The third-order valence-electron chi connectivity index (χ3n) is 3.40. The molecule has 0 saturated heterocycles. The van der Waals surface area contributed by atoms with Gasteiger partial charge < -0.3 is 9.47 Å². The van der Waals surface area contributed by atoms with Crippen molar-refractivity contribution in [2.45, 2.75) is 12.3 Å². The van der Waals surface area contributed by atoms with E-state index in [0.29, 0.717) is 6.61 Å². The van der Waals surface area contributed by atoms with Crippen LogP contribution in [0.5, 0.6) is 11.5 Å². The van der Waals surface area contributed by atoms with Crippen LogP contribution in [0.4, 0.5) is 0 Å². The standard InChI is InChI=1S/C15H13NO2/c1-17-12-4-2-10-3-5-14-15(13(10)8-12)11(9-16)6-7-18-14/h2-5,8,11H,6-7H2,1H3. The highest BCUT2D eigenvalue weighted by molar-refractivity contribution is 5.90. The summed E-state index contributed by atoms with van der Waals surface area (Å²) in [6.07, 6.45) is 0.750. The van der Waals surface area contributed by atoms with E-state index in [1.54, 1.807) is 7.11 Å². The van der Waals surface area contributed by atoms with E-state index < -0.39 is 0 Å². The average molecular weight is 239 g/mol. The summed E-state index contributed by atoms with van der Waals surface area (Å²) in [7, 11) is 1.65. The molecule has 0 amide bonds. The first-order chi connectivity index (χ1) is 8.83. The van der Waals surface area contributed by atoms with Crippen molar-refractivity contribution in [3.05, 3.63) is 35.9 Å². The number of benzene rings is 2. The maximum Gasteiger partial charge on any atom is 0.124 e. The van der Waals surface area contributed by atoms with E-state index in [2.05, 4.69) is 6.07 Å². The molecule has 0 spiro atoms. The molecule has 0 radical (unpaired) electrons. The molecule has 1 aliphatic heterocycles. The number of hydrogen-bond donors (Lipinski definition) is 0. The quantitative estimate of drug-likeness (QED) is 0.767. The molecule has 0 aromatic heterocycles. The van der Waals surface area contributed by atoms with Crippen molar-refractivity contribution >= 4 is 10.8 Å². The molecule has 3 rings (SSSR count). The molecule has 0 bridgehead atoms. The van der Waals surface area contributed by atoms with Gasteiger partial charge in [-0.2, -0.15) is 5.26 Å². The van der Waals surface area contributed by atoms with Crippen LogP contribution in [0.2, 0.25) is 0 Å². The van der Waals surface area contributed by atoms with Gasteiger partial charge in [0.1, 0.15) is 11.5 Å². The summed E-state index contributed by atoms with van der Waals surface area (Å²) in [4.78, 5) is 0. The highest BCUT2D eigenvalue weighted by atomic mass is 16.5. The predicted octanol–water partition coefficient (Wildman–Crippen LogP) is 3.24. The van der Waals surface area contributed by atoms with Crippen LogP contribution in [0.3, 0.4) is 0 Å². The number of ether oxygens (including phenoxy) is 2. The average Bonchev–Trinajstić information content (AvgIpc) is 2.45. The topological polar surface area (TPSA) is 42.2 Å². The minimum absolute atomic E-state index is 0.0930.